The van der Waals surface area contributed by atoms with Crippen LogP contribution in [0.5, 0.6) is 0 Å². The minimum absolute atomic E-state index is 0.513. The molecule has 0 aliphatic carbocycles. The van der Waals surface area contributed by atoms with E-state index in [1.165, 1.54) is 0 Å². The van der Waals surface area contributed by atoms with Crippen LogP contribution in [0, 0.1) is 5.92 Å². The van der Waals surface area contributed by atoms with Crippen molar-refractivity contribution < 1.29 is 0 Å². The van der Waals surface area contributed by atoms with Gasteiger partial charge in [-0.2, -0.15) is 0 Å². The summed E-state index contributed by atoms with van der Waals surface area (Å²) in [5.74, 6) is 0.565. The Bertz CT molecular complexity index is 305. The second-order valence-electron chi connectivity index (χ2n) is 3.46. The Kier molecular flexibility index (Phi) is 3.90. The van der Waals surface area contributed by atoms with Crippen molar-refractivity contribution in [3.63, 3.8) is 0 Å². The molecule has 0 amide bonds. The summed E-state index contributed by atoms with van der Waals surface area (Å²) in [4.78, 5) is 0. The van der Waals surface area contributed by atoms with E-state index in [2.05, 4.69) is 13.8 Å². The van der Waals surface area contributed by atoms with E-state index >= 15 is 0 Å². The molecule has 0 saturated carbocycles. The minimum atomic E-state index is 0.513. The molecule has 72 valence electrons. The Morgan fingerprint density at radius 1 is 1.00 bits per heavy atom. The average molecular weight is 238 g/mol. The van der Waals surface area contributed by atoms with Gasteiger partial charge in [-0.15, -0.1) is 0 Å². The van der Waals surface area contributed by atoms with Crippen LogP contribution in [0.3, 0.4) is 0 Å². The zero-order valence-electron chi connectivity index (χ0n) is 7.57. The molecule has 3 heteroatoms. The van der Waals surface area contributed by atoms with Crippen LogP contribution in [-0.4, -0.2) is 0 Å². The number of hydrogen-bond donors (Lipinski definition) is 0. The highest BCUT2D eigenvalue weighted by atomic mass is 35.5. The molecule has 0 aromatic heterocycles. The van der Waals surface area contributed by atoms with Crippen molar-refractivity contribution >= 4 is 34.8 Å². The quantitative estimate of drug-likeness (QED) is 0.645. The third-order valence-electron chi connectivity index (χ3n) is 1.72. The van der Waals surface area contributed by atoms with Gasteiger partial charge in [-0.1, -0.05) is 48.7 Å². The Labute approximate surface area is 93.8 Å². The van der Waals surface area contributed by atoms with Crippen LogP contribution in [-0.2, 0) is 6.42 Å². The van der Waals surface area contributed by atoms with Crippen LogP contribution in [0.25, 0.3) is 0 Å². The number of hydrogen-bond acceptors (Lipinski definition) is 0. The van der Waals surface area contributed by atoms with Gasteiger partial charge in [0.15, 0.2) is 0 Å². The van der Waals surface area contributed by atoms with Gasteiger partial charge in [0.25, 0.3) is 0 Å². The van der Waals surface area contributed by atoms with Gasteiger partial charge in [0.05, 0.1) is 10.0 Å². The molecule has 0 unspecified atom stereocenters. The molecule has 1 aromatic rings. The smallest absolute Gasteiger partial charge is 0.0607 e. The molecule has 0 atom stereocenters. The highest BCUT2D eigenvalue weighted by molar-refractivity contribution is 6.43. The first-order valence-electron chi connectivity index (χ1n) is 4.14. The monoisotopic (exact) mass is 236 g/mol. The van der Waals surface area contributed by atoms with E-state index in [-0.39, 0.29) is 0 Å². The lowest BCUT2D eigenvalue weighted by Gasteiger charge is -2.08. The van der Waals surface area contributed by atoms with Crippen molar-refractivity contribution in [3.8, 4) is 0 Å². The second-order valence-corrected chi connectivity index (χ2v) is 4.68. The summed E-state index contributed by atoms with van der Waals surface area (Å²) in [6, 6.07) is 3.54. The Balaban J connectivity index is 3.01. The first kappa shape index (κ1) is 11.2. The van der Waals surface area contributed by atoms with E-state index in [9.17, 15) is 0 Å². The third kappa shape index (κ3) is 3.05. The average Bonchev–Trinajstić information content (AvgIpc) is 1.99. The van der Waals surface area contributed by atoms with Crippen LogP contribution in [0.4, 0.5) is 0 Å². The van der Waals surface area contributed by atoms with Crippen molar-refractivity contribution in [2.24, 2.45) is 5.92 Å². The van der Waals surface area contributed by atoms with E-state index in [1.807, 2.05) is 6.07 Å². The summed E-state index contributed by atoms with van der Waals surface area (Å²) < 4.78 is 0. The molecule has 0 bridgehead atoms. The summed E-state index contributed by atoms with van der Waals surface area (Å²) in [5, 5.41) is 1.78. The van der Waals surface area contributed by atoms with Gasteiger partial charge in [-0.25, -0.2) is 0 Å². The highest BCUT2D eigenvalue weighted by Gasteiger charge is 2.07. The zero-order chi connectivity index (χ0) is 10.0. The lowest BCUT2D eigenvalue weighted by atomic mass is 10.0. The Hall–Kier alpha value is 0.0900. The summed E-state index contributed by atoms with van der Waals surface area (Å²) in [7, 11) is 0. The second kappa shape index (κ2) is 4.54. The Morgan fingerprint density at radius 3 is 2.08 bits per heavy atom. The number of benzene rings is 1. The summed E-state index contributed by atoms with van der Waals surface area (Å²) >= 11 is 17.7. The molecular weight excluding hydrogens is 226 g/mol. The van der Waals surface area contributed by atoms with E-state index in [1.54, 1.807) is 6.07 Å². The number of halogens is 3. The first-order valence-corrected chi connectivity index (χ1v) is 5.27. The summed E-state index contributed by atoms with van der Waals surface area (Å²) in [6.07, 6.45) is 0.926. The van der Waals surface area contributed by atoms with Crippen molar-refractivity contribution in [1.29, 1.82) is 0 Å². The van der Waals surface area contributed by atoms with Crippen molar-refractivity contribution in [2.75, 3.05) is 0 Å². The normalized spacial score (nSPS) is 10.9. The maximum Gasteiger partial charge on any atom is 0.0607 e. The fourth-order valence-corrected chi connectivity index (χ4v) is 1.81. The van der Waals surface area contributed by atoms with Gasteiger partial charge >= 0.3 is 0 Å². The molecule has 1 rings (SSSR count). The van der Waals surface area contributed by atoms with Gasteiger partial charge in [0, 0.05) is 5.02 Å². The molecule has 0 saturated heterocycles. The highest BCUT2D eigenvalue weighted by Crippen LogP contribution is 2.30. The summed E-state index contributed by atoms with van der Waals surface area (Å²) in [6.45, 7) is 4.28. The standard InChI is InChI=1S/C10H11Cl3/c1-6(2)3-7-4-9(12)10(13)5-8(7)11/h4-6H,3H2,1-2H3. The van der Waals surface area contributed by atoms with Gasteiger partial charge in [0.1, 0.15) is 0 Å². The van der Waals surface area contributed by atoms with E-state index in [0.717, 1.165) is 12.0 Å². The fraction of sp³-hybridized carbons (Fsp3) is 0.400. The largest absolute Gasteiger partial charge is 0.0840 e. The predicted molar refractivity (Wildman–Crippen MR) is 60.0 cm³/mol. The maximum atomic E-state index is 6.00. The molecule has 0 nitrogen and oxygen atoms in total. The van der Waals surface area contributed by atoms with E-state index in [4.69, 9.17) is 34.8 Å². The van der Waals surface area contributed by atoms with Crippen LogP contribution >= 0.6 is 34.8 Å². The lowest BCUT2D eigenvalue weighted by molar-refractivity contribution is 0.647. The first-order chi connectivity index (χ1) is 6.00. The zero-order valence-corrected chi connectivity index (χ0v) is 9.84. The molecule has 0 aliphatic rings. The van der Waals surface area contributed by atoms with Crippen LogP contribution in [0.2, 0.25) is 15.1 Å². The lowest BCUT2D eigenvalue weighted by Crippen LogP contribution is -1.95. The van der Waals surface area contributed by atoms with Crippen molar-refractivity contribution in [3.05, 3.63) is 32.8 Å². The van der Waals surface area contributed by atoms with E-state index < -0.39 is 0 Å². The molecule has 0 spiro atoms. The van der Waals surface area contributed by atoms with Gasteiger partial charge in [-0.05, 0) is 30.0 Å². The topological polar surface area (TPSA) is 0 Å². The predicted octanol–water partition coefficient (Wildman–Crippen LogP) is 4.85. The van der Waals surface area contributed by atoms with Crippen molar-refractivity contribution in [1.82, 2.24) is 0 Å². The summed E-state index contributed by atoms with van der Waals surface area (Å²) in [5.41, 5.74) is 1.06. The van der Waals surface area contributed by atoms with Gasteiger partial charge in [-0.3, -0.25) is 0 Å². The molecule has 0 fully saturated rings. The molecular formula is C10H11Cl3. The van der Waals surface area contributed by atoms with Crippen LogP contribution in [0.15, 0.2) is 12.1 Å². The molecule has 1 aromatic carbocycles. The molecule has 0 radical (unpaired) electrons. The van der Waals surface area contributed by atoms with Crippen LogP contribution < -0.4 is 0 Å². The van der Waals surface area contributed by atoms with Gasteiger partial charge in [0.2, 0.25) is 0 Å². The minimum Gasteiger partial charge on any atom is -0.0840 e. The fourth-order valence-electron chi connectivity index (χ4n) is 1.16. The third-order valence-corrected chi connectivity index (χ3v) is 2.79. The number of rotatable bonds is 2. The maximum absolute atomic E-state index is 6.00. The SMILES string of the molecule is CC(C)Cc1cc(Cl)c(Cl)cc1Cl. The molecule has 13 heavy (non-hydrogen) atoms. The Morgan fingerprint density at radius 2 is 1.54 bits per heavy atom. The molecule has 0 heterocycles. The van der Waals surface area contributed by atoms with Crippen molar-refractivity contribution in [2.45, 2.75) is 20.3 Å². The molecule has 0 N–H and O–H groups in total. The van der Waals surface area contributed by atoms with E-state index in [0.29, 0.717) is 21.0 Å². The van der Waals surface area contributed by atoms with Gasteiger partial charge < -0.3 is 0 Å². The van der Waals surface area contributed by atoms with Crippen LogP contribution in [0.1, 0.15) is 19.4 Å². The molecule has 0 aliphatic heterocycles.